The number of anilines is 1. The number of hydrogen-bond acceptors (Lipinski definition) is 2. The van der Waals surface area contributed by atoms with E-state index in [0.29, 0.717) is 27.8 Å². The number of nitrogens with one attached hydrogen (secondary N) is 1. The zero-order valence-corrected chi connectivity index (χ0v) is 14.0. The van der Waals surface area contributed by atoms with Crippen LogP contribution in [0.1, 0.15) is 37.8 Å². The van der Waals surface area contributed by atoms with Crippen LogP contribution in [0.4, 0.5) is 5.69 Å². The number of hydrogen-bond donors (Lipinski definition) is 2. The maximum absolute atomic E-state index is 12.0. The van der Waals surface area contributed by atoms with Gasteiger partial charge in [0.25, 0.3) is 5.91 Å². The monoisotopic (exact) mass is 327 g/mol. The van der Waals surface area contributed by atoms with Crippen LogP contribution in [0.2, 0.25) is 5.02 Å². The molecule has 2 N–H and O–H groups in total. The van der Waals surface area contributed by atoms with E-state index in [2.05, 4.69) is 31.3 Å². The highest BCUT2D eigenvalue weighted by molar-refractivity contribution is 6.36. The van der Waals surface area contributed by atoms with Gasteiger partial charge >= 0.3 is 0 Å². The van der Waals surface area contributed by atoms with E-state index in [1.54, 1.807) is 6.07 Å². The van der Waals surface area contributed by atoms with Gasteiger partial charge in [0.15, 0.2) is 0 Å². The van der Waals surface area contributed by atoms with Crippen LogP contribution in [0.3, 0.4) is 0 Å². The minimum atomic E-state index is -0.302. The molecule has 0 bridgehead atoms. The van der Waals surface area contributed by atoms with Gasteiger partial charge in [-0.25, -0.2) is 0 Å². The first-order chi connectivity index (χ1) is 10.9. The van der Waals surface area contributed by atoms with E-state index >= 15 is 0 Å². The Hall–Kier alpha value is -2.26. The zero-order chi connectivity index (χ0) is 16.7. The number of carbonyl (C=O) groups excluding carboxylic acids is 1. The molecule has 1 amide bonds. The Kier molecular flexibility index (Phi) is 3.90. The summed E-state index contributed by atoms with van der Waals surface area (Å²) in [4.78, 5) is 12.0. The molecule has 0 aliphatic carbocycles. The minimum Gasteiger partial charge on any atom is -0.512 e. The van der Waals surface area contributed by atoms with Gasteiger partial charge < -0.3 is 10.4 Å². The van der Waals surface area contributed by atoms with Gasteiger partial charge in [-0.2, -0.15) is 0 Å². The molecule has 1 aliphatic rings. The van der Waals surface area contributed by atoms with Crippen LogP contribution >= 0.6 is 11.6 Å². The van der Waals surface area contributed by atoms with Gasteiger partial charge in [-0.3, -0.25) is 4.79 Å². The molecular weight excluding hydrogens is 310 g/mol. The van der Waals surface area contributed by atoms with E-state index in [0.717, 1.165) is 11.1 Å². The average Bonchev–Trinajstić information content (AvgIpc) is 2.81. The number of rotatable bonds is 2. The molecule has 0 radical (unpaired) electrons. The molecular formula is C19H18ClNO2. The Labute approximate surface area is 140 Å². The van der Waals surface area contributed by atoms with Crippen molar-refractivity contribution in [3.05, 3.63) is 58.3 Å². The number of fused-ring (bicyclic) bond motifs is 1. The van der Waals surface area contributed by atoms with E-state index in [1.807, 2.05) is 18.2 Å². The van der Waals surface area contributed by atoms with Crippen molar-refractivity contribution in [3.8, 4) is 11.1 Å². The van der Waals surface area contributed by atoms with E-state index < -0.39 is 0 Å². The van der Waals surface area contributed by atoms with E-state index in [-0.39, 0.29) is 11.7 Å². The predicted molar refractivity (Wildman–Crippen MR) is 94.8 cm³/mol. The molecule has 118 valence electrons. The summed E-state index contributed by atoms with van der Waals surface area (Å²) in [5, 5.41) is 13.1. The van der Waals surface area contributed by atoms with E-state index in [4.69, 9.17) is 11.6 Å². The third-order valence-corrected chi connectivity index (χ3v) is 4.41. The molecule has 3 rings (SSSR count). The molecule has 23 heavy (non-hydrogen) atoms. The van der Waals surface area contributed by atoms with Crippen molar-refractivity contribution < 1.29 is 9.90 Å². The van der Waals surface area contributed by atoms with Crippen LogP contribution in [-0.2, 0) is 4.79 Å². The molecule has 1 aliphatic heterocycles. The second-order valence-corrected chi connectivity index (χ2v) is 6.48. The van der Waals surface area contributed by atoms with Gasteiger partial charge in [-0.1, -0.05) is 49.7 Å². The SMILES string of the molecule is C/C(O)=C1\C(=O)Nc2cc(Cl)c(-c3ccc(C(C)C)cc3)cc21. The molecule has 0 saturated heterocycles. The summed E-state index contributed by atoms with van der Waals surface area (Å²) in [6.45, 7) is 5.81. The Morgan fingerprint density at radius 3 is 2.35 bits per heavy atom. The zero-order valence-electron chi connectivity index (χ0n) is 13.3. The first-order valence-corrected chi connectivity index (χ1v) is 7.91. The highest BCUT2D eigenvalue weighted by atomic mass is 35.5. The number of benzene rings is 2. The highest BCUT2D eigenvalue weighted by Crippen LogP contribution is 2.40. The molecule has 4 heteroatoms. The van der Waals surface area contributed by atoms with Crippen LogP contribution in [0.5, 0.6) is 0 Å². The molecule has 0 unspecified atom stereocenters. The molecule has 0 atom stereocenters. The summed E-state index contributed by atoms with van der Waals surface area (Å²) in [5.41, 5.74) is 4.70. The fraction of sp³-hybridized carbons (Fsp3) is 0.211. The van der Waals surface area contributed by atoms with Crippen molar-refractivity contribution in [1.29, 1.82) is 0 Å². The van der Waals surface area contributed by atoms with E-state index in [1.165, 1.54) is 12.5 Å². The van der Waals surface area contributed by atoms with Crippen molar-refractivity contribution in [1.82, 2.24) is 0 Å². The summed E-state index contributed by atoms with van der Waals surface area (Å²) in [5.74, 6) is 0.168. The Balaban J connectivity index is 2.12. The number of aliphatic hydroxyl groups excluding tert-OH is 1. The van der Waals surface area contributed by atoms with Gasteiger partial charge in [-0.05, 0) is 36.1 Å². The molecule has 0 saturated carbocycles. The summed E-state index contributed by atoms with van der Waals surface area (Å²) in [7, 11) is 0. The van der Waals surface area contributed by atoms with Gasteiger partial charge in [0.1, 0.15) is 5.76 Å². The van der Waals surface area contributed by atoms with Crippen LogP contribution in [0.15, 0.2) is 42.2 Å². The lowest BCUT2D eigenvalue weighted by Crippen LogP contribution is -2.05. The number of aliphatic hydroxyl groups is 1. The third kappa shape index (κ3) is 2.73. The van der Waals surface area contributed by atoms with Crippen LogP contribution in [0.25, 0.3) is 16.7 Å². The Morgan fingerprint density at radius 1 is 1.13 bits per heavy atom. The Bertz CT molecular complexity index is 816. The molecule has 2 aromatic rings. The second-order valence-electron chi connectivity index (χ2n) is 6.07. The first-order valence-electron chi connectivity index (χ1n) is 7.54. The molecule has 0 spiro atoms. The highest BCUT2D eigenvalue weighted by Gasteiger charge is 2.28. The maximum Gasteiger partial charge on any atom is 0.259 e. The summed E-state index contributed by atoms with van der Waals surface area (Å²) < 4.78 is 0. The molecule has 0 fully saturated rings. The van der Waals surface area contributed by atoms with Crippen molar-refractivity contribution in [2.24, 2.45) is 0 Å². The number of halogens is 1. The topological polar surface area (TPSA) is 49.3 Å². The minimum absolute atomic E-state index is 0.00433. The van der Waals surface area contributed by atoms with Crippen molar-refractivity contribution >= 4 is 28.8 Å². The van der Waals surface area contributed by atoms with Gasteiger partial charge in [0, 0.05) is 11.1 Å². The smallest absolute Gasteiger partial charge is 0.259 e. The summed E-state index contributed by atoms with van der Waals surface area (Å²) in [6, 6.07) is 11.8. The standard InChI is InChI=1S/C19H18ClNO2/c1-10(2)12-4-6-13(7-5-12)14-8-15-17(9-16(14)20)21-19(23)18(15)11(3)22/h4-10,22H,1-3H3,(H,21,23)/b18-11+. The summed E-state index contributed by atoms with van der Waals surface area (Å²) >= 11 is 6.39. The molecule has 3 nitrogen and oxygen atoms in total. The van der Waals surface area contributed by atoms with Crippen molar-refractivity contribution in [2.45, 2.75) is 26.7 Å². The molecule has 0 aromatic heterocycles. The fourth-order valence-electron chi connectivity index (χ4n) is 2.82. The normalized spacial score (nSPS) is 15.6. The van der Waals surface area contributed by atoms with Crippen LogP contribution in [0, 0.1) is 0 Å². The average molecular weight is 328 g/mol. The third-order valence-electron chi connectivity index (χ3n) is 4.10. The van der Waals surface area contributed by atoms with Gasteiger partial charge in [0.2, 0.25) is 0 Å². The quantitative estimate of drug-likeness (QED) is 0.575. The lowest BCUT2D eigenvalue weighted by atomic mass is 9.96. The second kappa shape index (κ2) is 5.74. The lowest BCUT2D eigenvalue weighted by Gasteiger charge is -2.10. The number of allylic oxidation sites excluding steroid dienone is 1. The van der Waals surface area contributed by atoms with Crippen molar-refractivity contribution in [2.75, 3.05) is 5.32 Å². The van der Waals surface area contributed by atoms with Crippen LogP contribution < -0.4 is 5.32 Å². The lowest BCUT2D eigenvalue weighted by molar-refractivity contribution is -0.110. The van der Waals surface area contributed by atoms with Gasteiger partial charge in [-0.15, -0.1) is 0 Å². The molecule has 1 heterocycles. The largest absolute Gasteiger partial charge is 0.512 e. The van der Waals surface area contributed by atoms with Crippen LogP contribution in [-0.4, -0.2) is 11.0 Å². The van der Waals surface area contributed by atoms with Crippen molar-refractivity contribution in [3.63, 3.8) is 0 Å². The fourth-order valence-corrected chi connectivity index (χ4v) is 3.09. The number of carbonyl (C=O) groups is 1. The first kappa shape index (κ1) is 15.6. The maximum atomic E-state index is 12.0. The summed E-state index contributed by atoms with van der Waals surface area (Å²) in [6.07, 6.45) is 0. The Morgan fingerprint density at radius 2 is 1.78 bits per heavy atom. The predicted octanol–water partition coefficient (Wildman–Crippen LogP) is 5.37. The number of amides is 1. The van der Waals surface area contributed by atoms with Gasteiger partial charge in [0.05, 0.1) is 16.3 Å². The molecule has 2 aromatic carbocycles. The van der Waals surface area contributed by atoms with E-state index in [9.17, 15) is 9.90 Å².